The molecule has 84 valence electrons. The Bertz CT molecular complexity index is 357. The van der Waals surface area contributed by atoms with Crippen molar-refractivity contribution >= 4 is 11.3 Å². The van der Waals surface area contributed by atoms with Crippen molar-refractivity contribution in [1.82, 2.24) is 4.98 Å². The van der Waals surface area contributed by atoms with Gasteiger partial charge in [-0.05, 0) is 32.7 Å². The fourth-order valence-electron chi connectivity index (χ4n) is 1.70. The molecular weight excluding hydrogens is 208 g/mol. The molecule has 1 aromatic rings. The molecule has 1 unspecified atom stereocenters. The van der Waals surface area contributed by atoms with Crippen molar-refractivity contribution in [1.29, 1.82) is 0 Å². The fraction of sp³-hybridized carbons (Fsp3) is 0.727. The highest BCUT2D eigenvalue weighted by atomic mass is 32.1. The largest absolute Gasteiger partial charge is 0.385 e. The van der Waals surface area contributed by atoms with Crippen LogP contribution in [0.15, 0.2) is 0 Å². The summed E-state index contributed by atoms with van der Waals surface area (Å²) in [6, 6.07) is 0. The van der Waals surface area contributed by atoms with Crippen molar-refractivity contribution in [2.75, 3.05) is 6.54 Å². The summed E-state index contributed by atoms with van der Waals surface area (Å²) in [5.41, 5.74) is 6.65. The molecule has 0 radical (unpaired) electrons. The van der Waals surface area contributed by atoms with E-state index in [-0.39, 0.29) is 11.5 Å². The Morgan fingerprint density at radius 3 is 2.80 bits per heavy atom. The minimum Gasteiger partial charge on any atom is -0.385 e. The molecule has 15 heavy (non-hydrogen) atoms. The van der Waals surface area contributed by atoms with Gasteiger partial charge in [-0.3, -0.25) is 0 Å². The molecule has 1 aliphatic carbocycles. The summed E-state index contributed by atoms with van der Waals surface area (Å²) in [5.74, 6) is 0. The van der Waals surface area contributed by atoms with E-state index in [0.717, 1.165) is 30.0 Å². The maximum Gasteiger partial charge on any atom is 0.122 e. The van der Waals surface area contributed by atoms with Gasteiger partial charge in [0.1, 0.15) is 11.1 Å². The molecule has 1 aliphatic rings. The first-order valence-electron chi connectivity index (χ1n) is 5.41. The molecule has 1 heterocycles. The summed E-state index contributed by atoms with van der Waals surface area (Å²) in [4.78, 5) is 5.67. The van der Waals surface area contributed by atoms with Crippen LogP contribution in [0.25, 0.3) is 0 Å². The SMILES string of the molecule is Cc1nc(C(O)C2(C)CC2)sc1CCN. The summed E-state index contributed by atoms with van der Waals surface area (Å²) < 4.78 is 0. The third kappa shape index (κ3) is 2.07. The summed E-state index contributed by atoms with van der Waals surface area (Å²) in [7, 11) is 0. The average Bonchev–Trinajstić information content (AvgIpc) is 2.84. The van der Waals surface area contributed by atoms with Gasteiger partial charge in [0.25, 0.3) is 0 Å². The van der Waals surface area contributed by atoms with E-state index < -0.39 is 0 Å². The Labute approximate surface area is 94.3 Å². The molecule has 0 aromatic carbocycles. The first kappa shape index (κ1) is 11.0. The van der Waals surface area contributed by atoms with Crippen LogP contribution < -0.4 is 5.73 Å². The van der Waals surface area contributed by atoms with Gasteiger partial charge in [0.05, 0.1) is 5.69 Å². The molecule has 1 atom stereocenters. The second-order valence-electron chi connectivity index (χ2n) is 4.66. The lowest BCUT2D eigenvalue weighted by atomic mass is 10.0. The lowest BCUT2D eigenvalue weighted by Gasteiger charge is -2.13. The number of hydrogen-bond acceptors (Lipinski definition) is 4. The minimum atomic E-state index is -0.382. The predicted molar refractivity (Wildman–Crippen MR) is 61.9 cm³/mol. The number of nitrogens with two attached hydrogens (primary N) is 1. The lowest BCUT2D eigenvalue weighted by molar-refractivity contribution is 0.103. The Balaban J connectivity index is 2.18. The maximum atomic E-state index is 10.1. The average molecular weight is 226 g/mol. The number of hydrogen-bond donors (Lipinski definition) is 2. The Morgan fingerprint density at radius 2 is 2.27 bits per heavy atom. The first-order chi connectivity index (χ1) is 7.07. The van der Waals surface area contributed by atoms with Gasteiger partial charge in [0.15, 0.2) is 0 Å². The standard InChI is InChI=1S/C11H18N2OS/c1-7-8(3-6-12)15-10(13-7)9(14)11(2)4-5-11/h9,14H,3-6,12H2,1-2H3. The van der Waals surface area contributed by atoms with E-state index in [0.29, 0.717) is 6.54 Å². The highest BCUT2D eigenvalue weighted by Gasteiger charge is 2.46. The molecule has 0 aliphatic heterocycles. The molecule has 2 rings (SSSR count). The topological polar surface area (TPSA) is 59.1 Å². The van der Waals surface area contributed by atoms with Gasteiger partial charge in [-0.1, -0.05) is 6.92 Å². The van der Waals surface area contributed by atoms with E-state index in [2.05, 4.69) is 11.9 Å². The van der Waals surface area contributed by atoms with Gasteiger partial charge in [0, 0.05) is 10.3 Å². The summed E-state index contributed by atoms with van der Waals surface area (Å²) in [6.07, 6.45) is 2.71. The van der Waals surface area contributed by atoms with Crippen LogP contribution in [0.4, 0.5) is 0 Å². The number of aryl methyl sites for hydroxylation is 1. The first-order valence-corrected chi connectivity index (χ1v) is 6.23. The smallest absolute Gasteiger partial charge is 0.122 e. The summed E-state index contributed by atoms with van der Waals surface area (Å²) in [5, 5.41) is 11.0. The molecule has 0 saturated heterocycles. The van der Waals surface area contributed by atoms with E-state index in [1.165, 1.54) is 4.88 Å². The monoisotopic (exact) mass is 226 g/mol. The van der Waals surface area contributed by atoms with Gasteiger partial charge >= 0.3 is 0 Å². The van der Waals surface area contributed by atoms with Crippen molar-refractivity contribution < 1.29 is 5.11 Å². The van der Waals surface area contributed by atoms with Crippen LogP contribution >= 0.6 is 11.3 Å². The molecule has 4 heteroatoms. The van der Waals surface area contributed by atoms with E-state index in [1.807, 2.05) is 6.92 Å². The second-order valence-corrected chi connectivity index (χ2v) is 5.77. The highest BCUT2D eigenvalue weighted by Crippen LogP contribution is 2.54. The van der Waals surface area contributed by atoms with Crippen LogP contribution in [0.2, 0.25) is 0 Å². The zero-order valence-electron chi connectivity index (χ0n) is 9.29. The molecule has 0 amide bonds. The molecule has 1 aromatic heterocycles. The fourth-order valence-corrected chi connectivity index (χ4v) is 2.94. The van der Waals surface area contributed by atoms with Gasteiger partial charge in [0.2, 0.25) is 0 Å². The van der Waals surface area contributed by atoms with E-state index >= 15 is 0 Å². The van der Waals surface area contributed by atoms with Crippen LogP contribution in [0.3, 0.4) is 0 Å². The number of aromatic nitrogens is 1. The van der Waals surface area contributed by atoms with Crippen molar-refractivity contribution in [3.63, 3.8) is 0 Å². The Kier molecular flexibility index (Phi) is 2.83. The molecule has 0 spiro atoms. The van der Waals surface area contributed by atoms with Gasteiger partial charge in [-0.15, -0.1) is 11.3 Å². The number of rotatable bonds is 4. The zero-order valence-corrected chi connectivity index (χ0v) is 10.1. The molecule has 3 N–H and O–H groups in total. The van der Waals surface area contributed by atoms with Gasteiger partial charge in [-0.25, -0.2) is 4.98 Å². The number of aliphatic hydroxyl groups excluding tert-OH is 1. The third-order valence-corrected chi connectivity index (χ3v) is 4.48. The molecular formula is C11H18N2OS. The normalized spacial score (nSPS) is 20.3. The van der Waals surface area contributed by atoms with E-state index in [1.54, 1.807) is 11.3 Å². The second kappa shape index (κ2) is 3.85. The van der Waals surface area contributed by atoms with Crippen LogP contribution in [0.1, 0.15) is 41.4 Å². The van der Waals surface area contributed by atoms with Crippen molar-refractivity contribution in [2.24, 2.45) is 11.1 Å². The van der Waals surface area contributed by atoms with Gasteiger partial charge < -0.3 is 10.8 Å². The lowest BCUT2D eigenvalue weighted by Crippen LogP contribution is -2.09. The van der Waals surface area contributed by atoms with Crippen LogP contribution in [0.5, 0.6) is 0 Å². The molecule has 0 bridgehead atoms. The summed E-state index contributed by atoms with van der Waals surface area (Å²) >= 11 is 1.62. The van der Waals surface area contributed by atoms with Crippen LogP contribution in [-0.4, -0.2) is 16.6 Å². The van der Waals surface area contributed by atoms with Crippen molar-refractivity contribution in [3.05, 3.63) is 15.6 Å². The number of thiazole rings is 1. The zero-order chi connectivity index (χ0) is 11.1. The quantitative estimate of drug-likeness (QED) is 0.823. The van der Waals surface area contributed by atoms with Crippen molar-refractivity contribution in [3.8, 4) is 0 Å². The highest BCUT2D eigenvalue weighted by molar-refractivity contribution is 7.11. The van der Waals surface area contributed by atoms with Gasteiger partial charge in [-0.2, -0.15) is 0 Å². The maximum absolute atomic E-state index is 10.1. The predicted octanol–water partition coefficient (Wildman–Crippen LogP) is 1.79. The van der Waals surface area contributed by atoms with Crippen LogP contribution in [0, 0.1) is 12.3 Å². The Morgan fingerprint density at radius 1 is 1.60 bits per heavy atom. The number of nitrogens with zero attached hydrogens (tertiary/aromatic N) is 1. The molecule has 1 saturated carbocycles. The van der Waals surface area contributed by atoms with E-state index in [9.17, 15) is 5.11 Å². The van der Waals surface area contributed by atoms with E-state index in [4.69, 9.17) is 5.73 Å². The Hall–Kier alpha value is -0.450. The number of aliphatic hydroxyl groups is 1. The summed E-state index contributed by atoms with van der Waals surface area (Å²) in [6.45, 7) is 4.76. The third-order valence-electron chi connectivity index (χ3n) is 3.21. The molecule has 3 nitrogen and oxygen atoms in total. The van der Waals surface area contributed by atoms with Crippen molar-refractivity contribution in [2.45, 2.75) is 39.2 Å². The minimum absolute atomic E-state index is 0.0876. The molecule has 1 fully saturated rings. The van der Waals surface area contributed by atoms with Crippen LogP contribution in [-0.2, 0) is 6.42 Å².